The molecule has 0 saturated carbocycles. The quantitative estimate of drug-likeness (QED) is 0.688. The Morgan fingerprint density at radius 2 is 2.19 bits per heavy atom. The van der Waals surface area contributed by atoms with Crippen LogP contribution >= 0.6 is 11.8 Å². The van der Waals surface area contributed by atoms with Crippen molar-refractivity contribution in [2.45, 2.75) is 24.6 Å². The van der Waals surface area contributed by atoms with Crippen LogP contribution in [0.25, 0.3) is 11.5 Å². The lowest BCUT2D eigenvalue weighted by Crippen LogP contribution is -2.33. The third kappa shape index (κ3) is 3.45. The number of para-hydroxylation sites is 1. The molecule has 1 atom stereocenters. The van der Waals surface area contributed by atoms with Crippen LogP contribution in [0.3, 0.4) is 0 Å². The van der Waals surface area contributed by atoms with E-state index in [1.165, 1.54) is 11.8 Å². The van der Waals surface area contributed by atoms with Crippen molar-refractivity contribution >= 4 is 17.7 Å². The molecule has 0 bridgehead atoms. The summed E-state index contributed by atoms with van der Waals surface area (Å²) in [6.07, 6.45) is 2.32. The van der Waals surface area contributed by atoms with Gasteiger partial charge in [0, 0.05) is 12.0 Å². The molecule has 0 saturated heterocycles. The Bertz CT molecular complexity index is 921. The van der Waals surface area contributed by atoms with Crippen LogP contribution in [0, 0.1) is 6.92 Å². The summed E-state index contributed by atoms with van der Waals surface area (Å²) in [5.41, 5.74) is 1.76. The molecule has 1 aliphatic heterocycles. The molecule has 7 nitrogen and oxygen atoms in total. The van der Waals surface area contributed by atoms with Crippen LogP contribution in [-0.2, 0) is 4.79 Å². The molecule has 26 heavy (non-hydrogen) atoms. The van der Waals surface area contributed by atoms with Gasteiger partial charge in [-0.25, -0.2) is 0 Å². The van der Waals surface area contributed by atoms with Crippen molar-refractivity contribution in [3.05, 3.63) is 47.9 Å². The van der Waals surface area contributed by atoms with Crippen LogP contribution in [0.1, 0.15) is 23.8 Å². The van der Waals surface area contributed by atoms with E-state index < -0.39 is 0 Å². The maximum absolute atomic E-state index is 12.3. The predicted octanol–water partition coefficient (Wildman–Crippen LogP) is 3.37. The number of carbonyl (C=O) groups excluding carboxylic acids is 1. The van der Waals surface area contributed by atoms with Crippen LogP contribution in [0.5, 0.6) is 5.75 Å². The van der Waals surface area contributed by atoms with Crippen molar-refractivity contribution in [1.29, 1.82) is 0 Å². The number of aryl methyl sites for hydroxylation is 1. The largest absolute Gasteiger partial charge is 0.493 e. The SMILES string of the molecule is Cc1occc1-c1nnc(SCC(=O)N[C@H]2CCOc3ccccc32)o1. The summed E-state index contributed by atoms with van der Waals surface area (Å²) in [6, 6.07) is 9.49. The van der Waals surface area contributed by atoms with E-state index in [1.807, 2.05) is 31.2 Å². The minimum absolute atomic E-state index is 0.0418. The van der Waals surface area contributed by atoms with Crippen LogP contribution in [-0.4, -0.2) is 28.5 Å². The number of aromatic nitrogens is 2. The van der Waals surface area contributed by atoms with Crippen LogP contribution in [0.15, 0.2) is 50.7 Å². The third-order valence-corrected chi connectivity index (χ3v) is 4.93. The van der Waals surface area contributed by atoms with E-state index in [9.17, 15) is 4.79 Å². The van der Waals surface area contributed by atoms with E-state index in [0.717, 1.165) is 23.3 Å². The second-order valence-corrected chi connectivity index (χ2v) is 6.77. The number of carbonyl (C=O) groups is 1. The van der Waals surface area contributed by atoms with Crippen molar-refractivity contribution in [1.82, 2.24) is 15.5 Å². The first kappa shape index (κ1) is 16.7. The molecule has 1 N–H and O–H groups in total. The van der Waals surface area contributed by atoms with Gasteiger partial charge in [0.25, 0.3) is 11.1 Å². The van der Waals surface area contributed by atoms with E-state index >= 15 is 0 Å². The number of amides is 1. The standard InChI is InChI=1S/C18H17N3O4S/c1-11-12(6-8-23-11)17-20-21-18(25-17)26-10-16(22)19-14-7-9-24-15-5-3-2-4-13(14)15/h2-6,8,14H,7,9-10H2,1H3,(H,19,22)/t14-/m0/s1. The lowest BCUT2D eigenvalue weighted by molar-refractivity contribution is -0.119. The highest BCUT2D eigenvalue weighted by molar-refractivity contribution is 7.99. The summed E-state index contributed by atoms with van der Waals surface area (Å²) in [6.45, 7) is 2.41. The highest BCUT2D eigenvalue weighted by Gasteiger charge is 2.23. The van der Waals surface area contributed by atoms with Crippen LogP contribution in [0.2, 0.25) is 0 Å². The zero-order valence-corrected chi connectivity index (χ0v) is 14.9. The number of thioether (sulfide) groups is 1. The van der Waals surface area contributed by atoms with E-state index in [1.54, 1.807) is 12.3 Å². The smallest absolute Gasteiger partial charge is 0.277 e. The molecule has 0 fully saturated rings. The number of fused-ring (bicyclic) bond motifs is 1. The lowest BCUT2D eigenvalue weighted by Gasteiger charge is -2.26. The Balaban J connectivity index is 1.35. The van der Waals surface area contributed by atoms with Gasteiger partial charge in [-0.15, -0.1) is 10.2 Å². The summed E-state index contributed by atoms with van der Waals surface area (Å²) >= 11 is 1.21. The number of ether oxygens (including phenoxy) is 1. The van der Waals surface area contributed by atoms with Crippen molar-refractivity contribution in [2.24, 2.45) is 0 Å². The van der Waals surface area contributed by atoms with E-state index in [4.69, 9.17) is 13.6 Å². The summed E-state index contributed by atoms with van der Waals surface area (Å²) < 4.78 is 16.4. The predicted molar refractivity (Wildman–Crippen MR) is 94.9 cm³/mol. The van der Waals surface area contributed by atoms with Crippen molar-refractivity contribution in [3.8, 4) is 17.2 Å². The second-order valence-electron chi connectivity index (χ2n) is 5.85. The maximum atomic E-state index is 12.3. The fourth-order valence-electron chi connectivity index (χ4n) is 2.84. The lowest BCUT2D eigenvalue weighted by atomic mass is 10.0. The number of hydrogen-bond donors (Lipinski definition) is 1. The normalized spacial score (nSPS) is 16.0. The van der Waals surface area contributed by atoms with Crippen LogP contribution in [0.4, 0.5) is 0 Å². The Kier molecular flexibility index (Phi) is 4.66. The van der Waals surface area contributed by atoms with Gasteiger partial charge in [0.05, 0.1) is 30.2 Å². The van der Waals surface area contributed by atoms with Crippen molar-refractivity contribution in [2.75, 3.05) is 12.4 Å². The molecule has 8 heteroatoms. The Morgan fingerprint density at radius 3 is 3.04 bits per heavy atom. The van der Waals surface area contributed by atoms with Gasteiger partial charge in [-0.2, -0.15) is 0 Å². The van der Waals surface area contributed by atoms with Gasteiger partial charge in [0.1, 0.15) is 11.5 Å². The molecule has 2 aromatic heterocycles. The van der Waals surface area contributed by atoms with E-state index in [0.29, 0.717) is 23.5 Å². The monoisotopic (exact) mass is 371 g/mol. The third-order valence-electron chi connectivity index (χ3n) is 4.12. The maximum Gasteiger partial charge on any atom is 0.277 e. The first-order valence-corrected chi connectivity index (χ1v) is 9.21. The summed E-state index contributed by atoms with van der Waals surface area (Å²) in [4.78, 5) is 12.3. The fourth-order valence-corrected chi connectivity index (χ4v) is 3.41. The Morgan fingerprint density at radius 1 is 1.31 bits per heavy atom. The van der Waals surface area contributed by atoms with Gasteiger partial charge in [0.15, 0.2) is 0 Å². The summed E-state index contributed by atoms with van der Waals surface area (Å²) in [5.74, 6) is 2.04. The number of benzene rings is 1. The number of nitrogens with zero attached hydrogens (tertiary/aromatic N) is 2. The van der Waals surface area contributed by atoms with Gasteiger partial charge < -0.3 is 18.9 Å². The first-order chi connectivity index (χ1) is 12.7. The van der Waals surface area contributed by atoms with Gasteiger partial charge >= 0.3 is 0 Å². The van der Waals surface area contributed by atoms with E-state index in [-0.39, 0.29) is 17.7 Å². The molecule has 134 valence electrons. The van der Waals surface area contributed by atoms with Crippen molar-refractivity contribution in [3.63, 3.8) is 0 Å². The van der Waals surface area contributed by atoms with E-state index in [2.05, 4.69) is 15.5 Å². The zero-order chi connectivity index (χ0) is 17.9. The van der Waals surface area contributed by atoms with Crippen LogP contribution < -0.4 is 10.1 Å². The molecule has 1 amide bonds. The minimum Gasteiger partial charge on any atom is -0.493 e. The molecule has 0 aliphatic carbocycles. The van der Waals surface area contributed by atoms with Gasteiger partial charge in [-0.1, -0.05) is 30.0 Å². The van der Waals surface area contributed by atoms with Gasteiger partial charge in [0.2, 0.25) is 5.91 Å². The Labute approximate surface area is 154 Å². The first-order valence-electron chi connectivity index (χ1n) is 8.22. The average molecular weight is 371 g/mol. The Hall–Kier alpha value is -2.74. The molecule has 1 aromatic carbocycles. The molecule has 3 heterocycles. The highest BCUT2D eigenvalue weighted by Crippen LogP contribution is 2.32. The number of hydrogen-bond acceptors (Lipinski definition) is 7. The number of rotatable bonds is 5. The molecule has 3 aromatic rings. The van der Waals surface area contributed by atoms with Gasteiger partial charge in [-0.05, 0) is 19.1 Å². The molecule has 0 spiro atoms. The number of furan rings is 1. The minimum atomic E-state index is -0.0871. The second kappa shape index (κ2) is 7.25. The molecule has 4 rings (SSSR count). The fraction of sp³-hybridized carbons (Fsp3) is 0.278. The molecular weight excluding hydrogens is 354 g/mol. The average Bonchev–Trinajstić information content (AvgIpc) is 3.29. The highest BCUT2D eigenvalue weighted by atomic mass is 32.2. The van der Waals surface area contributed by atoms with Gasteiger partial charge in [-0.3, -0.25) is 4.79 Å². The number of nitrogens with one attached hydrogen (secondary N) is 1. The molecular formula is C18H17N3O4S. The molecule has 0 radical (unpaired) electrons. The zero-order valence-electron chi connectivity index (χ0n) is 14.1. The topological polar surface area (TPSA) is 90.4 Å². The molecule has 1 aliphatic rings. The summed E-state index contributed by atoms with van der Waals surface area (Å²) in [7, 11) is 0. The molecule has 0 unspecified atom stereocenters. The van der Waals surface area contributed by atoms with Crippen molar-refractivity contribution < 1.29 is 18.4 Å². The summed E-state index contributed by atoms with van der Waals surface area (Å²) in [5, 5.41) is 11.4.